The zero-order valence-electron chi connectivity index (χ0n) is 14.7. The molecule has 3 rings (SSSR count). The molecule has 0 atom stereocenters. The molecule has 0 bridgehead atoms. The normalized spacial score (nSPS) is 10.4. The molecule has 1 heterocycles. The second kappa shape index (κ2) is 9.64. The molecular formula is C21H20N2O3S. The fourth-order valence-electron chi connectivity index (χ4n) is 2.36. The van der Waals surface area contributed by atoms with Gasteiger partial charge in [0.1, 0.15) is 5.76 Å². The summed E-state index contributed by atoms with van der Waals surface area (Å²) in [7, 11) is 0. The number of hydrogen-bond donors (Lipinski definition) is 2. The van der Waals surface area contributed by atoms with E-state index in [4.69, 9.17) is 4.42 Å². The Morgan fingerprint density at radius 1 is 0.889 bits per heavy atom. The van der Waals surface area contributed by atoms with Crippen LogP contribution < -0.4 is 10.6 Å². The highest BCUT2D eigenvalue weighted by Crippen LogP contribution is 2.22. The van der Waals surface area contributed by atoms with E-state index in [1.165, 1.54) is 4.90 Å². The Labute approximate surface area is 162 Å². The zero-order valence-corrected chi connectivity index (χ0v) is 15.5. The summed E-state index contributed by atoms with van der Waals surface area (Å²) in [6.45, 7) is 0.223. The van der Waals surface area contributed by atoms with Gasteiger partial charge in [-0.2, -0.15) is 0 Å². The molecule has 0 spiro atoms. The predicted molar refractivity (Wildman–Crippen MR) is 105 cm³/mol. The molecule has 1 aromatic heterocycles. The maximum Gasteiger partial charge on any atom is 0.251 e. The third-order valence-corrected chi connectivity index (χ3v) is 4.90. The number of carbonyl (C=O) groups excluding carboxylic acids is 2. The molecule has 2 aromatic carbocycles. The molecule has 138 valence electrons. The summed E-state index contributed by atoms with van der Waals surface area (Å²) in [6, 6.07) is 21.1. The van der Waals surface area contributed by atoms with Crippen molar-refractivity contribution in [1.29, 1.82) is 0 Å². The molecule has 3 aromatic rings. The lowest BCUT2D eigenvalue weighted by atomic mass is 10.1. The van der Waals surface area contributed by atoms with E-state index in [9.17, 15) is 9.59 Å². The summed E-state index contributed by atoms with van der Waals surface area (Å²) in [5.41, 5.74) is 1.67. The van der Waals surface area contributed by atoms with E-state index in [1.807, 2.05) is 30.3 Å². The first-order chi connectivity index (χ1) is 13.2. The minimum absolute atomic E-state index is 0.0782. The van der Waals surface area contributed by atoms with Crippen LogP contribution in [0.5, 0.6) is 0 Å². The summed E-state index contributed by atoms with van der Waals surface area (Å²) < 4.78 is 5.13. The standard InChI is InChI=1S/C21H20N2O3S/c24-20(22-13-18-5-4-12-26-18)14-23-21(25)17-10-8-16(9-11-17)15-27-19-6-2-1-3-7-19/h1-12H,13-15H2,(H,22,24)(H,23,25). The molecule has 0 aliphatic carbocycles. The first-order valence-corrected chi connectivity index (χ1v) is 9.53. The third-order valence-electron chi connectivity index (χ3n) is 3.81. The molecule has 0 aliphatic rings. The molecule has 0 aliphatic heterocycles. The Morgan fingerprint density at radius 2 is 1.67 bits per heavy atom. The summed E-state index contributed by atoms with van der Waals surface area (Å²) in [4.78, 5) is 25.1. The topological polar surface area (TPSA) is 71.3 Å². The fourth-order valence-corrected chi connectivity index (χ4v) is 3.24. The summed E-state index contributed by atoms with van der Waals surface area (Å²) in [6.07, 6.45) is 1.55. The van der Waals surface area contributed by atoms with Crippen molar-refractivity contribution in [2.75, 3.05) is 6.54 Å². The minimum Gasteiger partial charge on any atom is -0.467 e. The van der Waals surface area contributed by atoms with Gasteiger partial charge < -0.3 is 15.1 Å². The average Bonchev–Trinajstić information content (AvgIpc) is 3.24. The Hall–Kier alpha value is -2.99. The highest BCUT2D eigenvalue weighted by atomic mass is 32.2. The Bertz CT molecular complexity index is 862. The van der Waals surface area contributed by atoms with Gasteiger partial charge in [-0.15, -0.1) is 11.8 Å². The van der Waals surface area contributed by atoms with E-state index < -0.39 is 0 Å². The predicted octanol–water partition coefficient (Wildman–Crippen LogP) is 3.62. The Balaban J connectivity index is 1.42. The van der Waals surface area contributed by atoms with Crippen LogP contribution in [-0.4, -0.2) is 18.4 Å². The number of rotatable bonds is 8. The average molecular weight is 380 g/mol. The quantitative estimate of drug-likeness (QED) is 0.586. The smallest absolute Gasteiger partial charge is 0.251 e. The lowest BCUT2D eigenvalue weighted by molar-refractivity contribution is -0.120. The van der Waals surface area contributed by atoms with Crippen LogP contribution in [0, 0.1) is 0 Å². The van der Waals surface area contributed by atoms with Gasteiger partial charge in [-0.1, -0.05) is 30.3 Å². The Kier molecular flexibility index (Phi) is 6.71. The van der Waals surface area contributed by atoms with Crippen LogP contribution in [0.15, 0.2) is 82.3 Å². The van der Waals surface area contributed by atoms with Gasteiger partial charge in [-0.05, 0) is 42.0 Å². The Morgan fingerprint density at radius 3 is 2.37 bits per heavy atom. The van der Waals surface area contributed by atoms with Crippen molar-refractivity contribution < 1.29 is 14.0 Å². The van der Waals surface area contributed by atoms with Crippen LogP contribution in [0.3, 0.4) is 0 Å². The summed E-state index contributed by atoms with van der Waals surface area (Å²) in [5, 5.41) is 5.30. The van der Waals surface area contributed by atoms with E-state index in [1.54, 1.807) is 42.3 Å². The largest absolute Gasteiger partial charge is 0.467 e. The number of amides is 2. The number of furan rings is 1. The third kappa shape index (κ3) is 6.04. The number of hydrogen-bond acceptors (Lipinski definition) is 4. The molecule has 6 heteroatoms. The molecule has 27 heavy (non-hydrogen) atoms. The fraction of sp³-hybridized carbons (Fsp3) is 0.143. The molecule has 0 fully saturated rings. The van der Waals surface area contributed by atoms with Gasteiger partial charge in [0.2, 0.25) is 5.91 Å². The van der Waals surface area contributed by atoms with Crippen LogP contribution in [0.2, 0.25) is 0 Å². The molecule has 0 saturated heterocycles. The second-order valence-corrected chi connectivity index (χ2v) is 6.89. The van der Waals surface area contributed by atoms with Crippen LogP contribution in [-0.2, 0) is 17.1 Å². The lowest BCUT2D eigenvalue weighted by Gasteiger charge is -2.07. The van der Waals surface area contributed by atoms with E-state index >= 15 is 0 Å². The van der Waals surface area contributed by atoms with Crippen molar-refractivity contribution in [3.05, 3.63) is 89.9 Å². The minimum atomic E-state index is -0.273. The van der Waals surface area contributed by atoms with Crippen molar-refractivity contribution in [3.63, 3.8) is 0 Å². The van der Waals surface area contributed by atoms with E-state index in [0.29, 0.717) is 17.9 Å². The van der Waals surface area contributed by atoms with Crippen LogP contribution in [0.25, 0.3) is 0 Å². The van der Waals surface area contributed by atoms with Gasteiger partial charge >= 0.3 is 0 Å². The van der Waals surface area contributed by atoms with E-state index in [0.717, 1.165) is 11.3 Å². The molecule has 2 amide bonds. The van der Waals surface area contributed by atoms with Crippen molar-refractivity contribution >= 4 is 23.6 Å². The first-order valence-electron chi connectivity index (χ1n) is 8.55. The highest BCUT2D eigenvalue weighted by molar-refractivity contribution is 7.98. The van der Waals surface area contributed by atoms with Gasteiger partial charge in [-0.3, -0.25) is 9.59 Å². The second-order valence-electron chi connectivity index (χ2n) is 5.84. The van der Waals surface area contributed by atoms with Gasteiger partial charge in [0.05, 0.1) is 19.4 Å². The number of thioether (sulfide) groups is 1. The lowest BCUT2D eigenvalue weighted by Crippen LogP contribution is -2.36. The molecule has 2 N–H and O–H groups in total. The maximum atomic E-state index is 12.2. The number of benzene rings is 2. The molecule has 5 nitrogen and oxygen atoms in total. The highest BCUT2D eigenvalue weighted by Gasteiger charge is 2.08. The SMILES string of the molecule is O=C(CNC(=O)c1ccc(CSc2ccccc2)cc1)NCc1ccco1. The van der Waals surface area contributed by atoms with Crippen LogP contribution in [0.4, 0.5) is 0 Å². The maximum absolute atomic E-state index is 12.2. The monoisotopic (exact) mass is 380 g/mol. The zero-order chi connectivity index (χ0) is 18.9. The van der Waals surface area contributed by atoms with Crippen molar-refractivity contribution in [1.82, 2.24) is 10.6 Å². The van der Waals surface area contributed by atoms with Crippen LogP contribution in [0.1, 0.15) is 21.7 Å². The van der Waals surface area contributed by atoms with E-state index in [2.05, 4.69) is 22.8 Å². The van der Waals surface area contributed by atoms with Crippen molar-refractivity contribution in [2.45, 2.75) is 17.2 Å². The molecular weight excluding hydrogens is 360 g/mol. The molecule has 0 unspecified atom stereocenters. The van der Waals surface area contributed by atoms with Crippen molar-refractivity contribution in [3.8, 4) is 0 Å². The number of carbonyl (C=O) groups is 2. The first kappa shape index (κ1) is 18.8. The van der Waals surface area contributed by atoms with Crippen molar-refractivity contribution in [2.24, 2.45) is 0 Å². The van der Waals surface area contributed by atoms with Gasteiger partial charge in [0.25, 0.3) is 5.91 Å². The van der Waals surface area contributed by atoms with Crippen LogP contribution >= 0.6 is 11.8 Å². The summed E-state index contributed by atoms with van der Waals surface area (Å²) in [5.74, 6) is 0.959. The van der Waals surface area contributed by atoms with Gasteiger partial charge in [-0.25, -0.2) is 0 Å². The summed E-state index contributed by atoms with van der Waals surface area (Å²) >= 11 is 1.75. The molecule has 0 saturated carbocycles. The van der Waals surface area contributed by atoms with Gasteiger partial charge in [0.15, 0.2) is 0 Å². The molecule has 0 radical (unpaired) electrons. The van der Waals surface area contributed by atoms with E-state index in [-0.39, 0.29) is 18.4 Å². The number of nitrogens with one attached hydrogen (secondary N) is 2. The van der Waals surface area contributed by atoms with Gasteiger partial charge in [0, 0.05) is 16.2 Å².